The molecule has 0 fully saturated rings. The van der Waals surface area contributed by atoms with Gasteiger partial charge in [0.1, 0.15) is 0 Å². The molecule has 0 aliphatic carbocycles. The van der Waals surface area contributed by atoms with Crippen LogP contribution >= 0.6 is 23.2 Å². The highest BCUT2D eigenvalue weighted by molar-refractivity contribution is 6.44. The van der Waals surface area contributed by atoms with Gasteiger partial charge in [-0.2, -0.15) is 0 Å². The summed E-state index contributed by atoms with van der Waals surface area (Å²) in [7, 11) is 0. The Morgan fingerprint density at radius 3 is 2.50 bits per heavy atom. The smallest absolute Gasteiger partial charge is 0.256 e. The minimum absolute atomic E-state index is 0.266. The highest BCUT2D eigenvalue weighted by atomic mass is 35.5. The molecule has 0 radical (unpaired) electrons. The molecule has 0 aliphatic rings. The molecule has 4 rings (SSSR count). The highest BCUT2D eigenvalue weighted by Gasteiger charge is 2.16. The van der Waals surface area contributed by atoms with Gasteiger partial charge in [-0.05, 0) is 36.8 Å². The van der Waals surface area contributed by atoms with Gasteiger partial charge in [0.05, 0.1) is 32.5 Å². The van der Waals surface area contributed by atoms with Crippen molar-refractivity contribution in [2.24, 2.45) is 0 Å². The SMILES string of the molecule is Cc1ccccc1-c1cc(C(=O)Nc2cccc(Cl)c2Cl)c2ccccc2n1. The number of rotatable bonds is 3. The number of nitrogens with zero attached hydrogens (tertiary/aromatic N) is 1. The van der Waals surface area contributed by atoms with Crippen LogP contribution in [-0.4, -0.2) is 10.9 Å². The van der Waals surface area contributed by atoms with Crippen LogP contribution in [0.15, 0.2) is 72.8 Å². The summed E-state index contributed by atoms with van der Waals surface area (Å²) < 4.78 is 0. The molecule has 138 valence electrons. The van der Waals surface area contributed by atoms with Gasteiger partial charge in [0.2, 0.25) is 0 Å². The number of fused-ring (bicyclic) bond motifs is 1. The number of pyridine rings is 1. The third-order valence-electron chi connectivity index (χ3n) is 4.58. The largest absolute Gasteiger partial charge is 0.321 e. The van der Waals surface area contributed by atoms with Crippen molar-refractivity contribution in [2.75, 3.05) is 5.32 Å². The number of amides is 1. The second-order valence-corrected chi connectivity index (χ2v) is 7.23. The van der Waals surface area contributed by atoms with Gasteiger partial charge in [-0.3, -0.25) is 4.79 Å². The molecule has 0 saturated heterocycles. The third-order valence-corrected chi connectivity index (χ3v) is 5.40. The Hall–Kier alpha value is -2.88. The fraction of sp³-hybridized carbons (Fsp3) is 0.0435. The van der Waals surface area contributed by atoms with Crippen molar-refractivity contribution in [1.82, 2.24) is 4.98 Å². The zero-order valence-electron chi connectivity index (χ0n) is 15.0. The maximum absolute atomic E-state index is 13.1. The van der Waals surface area contributed by atoms with E-state index in [2.05, 4.69) is 5.32 Å². The number of para-hydroxylation sites is 1. The van der Waals surface area contributed by atoms with Crippen molar-refractivity contribution < 1.29 is 4.79 Å². The first-order valence-electron chi connectivity index (χ1n) is 8.76. The van der Waals surface area contributed by atoms with Crippen LogP contribution in [0.1, 0.15) is 15.9 Å². The van der Waals surface area contributed by atoms with Gasteiger partial charge in [0.15, 0.2) is 0 Å². The van der Waals surface area contributed by atoms with Gasteiger partial charge >= 0.3 is 0 Å². The lowest BCUT2D eigenvalue weighted by molar-refractivity contribution is 0.102. The van der Waals surface area contributed by atoms with Gasteiger partial charge in [-0.15, -0.1) is 0 Å². The second-order valence-electron chi connectivity index (χ2n) is 6.44. The number of aromatic nitrogens is 1. The van der Waals surface area contributed by atoms with Crippen LogP contribution in [-0.2, 0) is 0 Å². The van der Waals surface area contributed by atoms with Gasteiger partial charge < -0.3 is 5.32 Å². The first-order chi connectivity index (χ1) is 13.5. The van der Waals surface area contributed by atoms with E-state index in [0.717, 1.165) is 27.7 Å². The molecule has 0 atom stereocenters. The molecule has 3 nitrogen and oxygen atoms in total. The zero-order valence-corrected chi connectivity index (χ0v) is 16.6. The molecular formula is C23H16Cl2N2O. The summed E-state index contributed by atoms with van der Waals surface area (Å²) in [6, 6.07) is 22.5. The average Bonchev–Trinajstić information content (AvgIpc) is 2.71. The van der Waals surface area contributed by atoms with E-state index in [1.54, 1.807) is 18.2 Å². The fourth-order valence-electron chi connectivity index (χ4n) is 3.15. The van der Waals surface area contributed by atoms with E-state index in [4.69, 9.17) is 28.2 Å². The molecule has 5 heteroatoms. The van der Waals surface area contributed by atoms with Crippen molar-refractivity contribution in [3.63, 3.8) is 0 Å². The zero-order chi connectivity index (χ0) is 19.7. The standard InChI is InChI=1S/C23H16Cl2N2O/c1-14-7-2-3-8-15(14)21-13-17(16-9-4-5-11-19(16)26-21)23(28)27-20-12-6-10-18(24)22(20)25/h2-13H,1H3,(H,27,28). The predicted octanol–water partition coefficient (Wildman–Crippen LogP) is 6.77. The lowest BCUT2D eigenvalue weighted by Gasteiger charge is -2.13. The van der Waals surface area contributed by atoms with Crippen molar-refractivity contribution in [1.29, 1.82) is 0 Å². The monoisotopic (exact) mass is 406 g/mol. The number of benzene rings is 3. The van der Waals surface area contributed by atoms with Gasteiger partial charge in [-0.1, -0.05) is 71.7 Å². The lowest BCUT2D eigenvalue weighted by Crippen LogP contribution is -2.13. The summed E-state index contributed by atoms with van der Waals surface area (Å²) in [4.78, 5) is 17.9. The van der Waals surface area contributed by atoms with Crippen LogP contribution < -0.4 is 5.32 Å². The summed E-state index contributed by atoms with van der Waals surface area (Å²) in [6.07, 6.45) is 0. The highest BCUT2D eigenvalue weighted by Crippen LogP contribution is 2.31. The Labute approximate surface area is 172 Å². The first-order valence-corrected chi connectivity index (χ1v) is 9.51. The molecule has 4 aromatic rings. The summed E-state index contributed by atoms with van der Waals surface area (Å²) in [5.74, 6) is -0.266. The Morgan fingerprint density at radius 1 is 0.929 bits per heavy atom. The van der Waals surface area contributed by atoms with E-state index in [-0.39, 0.29) is 5.91 Å². The quantitative estimate of drug-likeness (QED) is 0.407. The molecule has 1 heterocycles. The Bertz CT molecular complexity index is 1200. The maximum atomic E-state index is 13.1. The molecule has 1 N–H and O–H groups in total. The number of halogens is 2. The minimum atomic E-state index is -0.266. The van der Waals surface area contributed by atoms with Crippen LogP contribution in [0, 0.1) is 6.92 Å². The van der Waals surface area contributed by atoms with Crippen LogP contribution in [0.2, 0.25) is 10.0 Å². The van der Waals surface area contributed by atoms with Gasteiger partial charge in [-0.25, -0.2) is 4.98 Å². The number of anilines is 1. The molecule has 1 amide bonds. The number of carbonyl (C=O) groups is 1. The Balaban J connectivity index is 1.84. The maximum Gasteiger partial charge on any atom is 0.256 e. The van der Waals surface area contributed by atoms with Crippen LogP contribution in [0.5, 0.6) is 0 Å². The fourth-order valence-corrected chi connectivity index (χ4v) is 3.50. The van der Waals surface area contributed by atoms with Gasteiger partial charge in [0.25, 0.3) is 5.91 Å². The molecule has 0 aliphatic heterocycles. The van der Waals surface area contributed by atoms with Crippen LogP contribution in [0.4, 0.5) is 5.69 Å². The third kappa shape index (κ3) is 3.47. The number of aryl methyl sites for hydroxylation is 1. The number of nitrogens with one attached hydrogen (secondary N) is 1. The van der Waals surface area contributed by atoms with E-state index in [1.165, 1.54) is 0 Å². The molecule has 0 saturated carbocycles. The Kier molecular flexibility index (Phi) is 5.03. The topological polar surface area (TPSA) is 42.0 Å². The molecule has 0 unspecified atom stereocenters. The molecular weight excluding hydrogens is 391 g/mol. The van der Waals surface area contributed by atoms with E-state index < -0.39 is 0 Å². The van der Waals surface area contributed by atoms with E-state index in [0.29, 0.717) is 21.3 Å². The van der Waals surface area contributed by atoms with Crippen molar-refractivity contribution >= 4 is 45.7 Å². The average molecular weight is 407 g/mol. The number of hydrogen-bond acceptors (Lipinski definition) is 2. The second kappa shape index (κ2) is 7.63. The molecule has 1 aromatic heterocycles. The first kappa shape index (κ1) is 18.5. The van der Waals surface area contributed by atoms with Crippen LogP contribution in [0.3, 0.4) is 0 Å². The predicted molar refractivity (Wildman–Crippen MR) is 116 cm³/mol. The normalized spacial score (nSPS) is 10.8. The lowest BCUT2D eigenvalue weighted by atomic mass is 10.0. The Morgan fingerprint density at radius 2 is 1.68 bits per heavy atom. The molecule has 0 bridgehead atoms. The van der Waals surface area contributed by atoms with Crippen molar-refractivity contribution in [3.8, 4) is 11.3 Å². The molecule has 3 aromatic carbocycles. The van der Waals surface area contributed by atoms with Gasteiger partial charge in [0, 0.05) is 10.9 Å². The summed E-state index contributed by atoms with van der Waals surface area (Å²) in [6.45, 7) is 2.03. The summed E-state index contributed by atoms with van der Waals surface area (Å²) >= 11 is 12.3. The molecule has 28 heavy (non-hydrogen) atoms. The minimum Gasteiger partial charge on any atom is -0.321 e. The van der Waals surface area contributed by atoms with E-state index in [1.807, 2.05) is 61.5 Å². The van der Waals surface area contributed by atoms with E-state index in [9.17, 15) is 4.79 Å². The summed E-state index contributed by atoms with van der Waals surface area (Å²) in [5, 5.41) is 4.35. The molecule has 0 spiro atoms. The van der Waals surface area contributed by atoms with Crippen molar-refractivity contribution in [2.45, 2.75) is 6.92 Å². The van der Waals surface area contributed by atoms with Crippen molar-refractivity contribution in [3.05, 3.63) is 94.0 Å². The number of hydrogen-bond donors (Lipinski definition) is 1. The number of carbonyl (C=O) groups excluding carboxylic acids is 1. The van der Waals surface area contributed by atoms with E-state index >= 15 is 0 Å². The summed E-state index contributed by atoms with van der Waals surface area (Å²) in [5.41, 5.74) is 4.58. The van der Waals surface area contributed by atoms with Crippen LogP contribution in [0.25, 0.3) is 22.2 Å².